The lowest BCUT2D eigenvalue weighted by atomic mass is 10.2. The molecule has 1 aliphatic rings. The van der Waals surface area contributed by atoms with Gasteiger partial charge in [0, 0.05) is 11.3 Å². The fourth-order valence-corrected chi connectivity index (χ4v) is 5.19. The van der Waals surface area contributed by atoms with Crippen LogP contribution in [-0.4, -0.2) is 26.0 Å². The van der Waals surface area contributed by atoms with Crippen LogP contribution < -0.4 is 4.72 Å². The molecule has 1 fully saturated rings. The summed E-state index contributed by atoms with van der Waals surface area (Å²) in [6, 6.07) is 6.69. The highest BCUT2D eigenvalue weighted by atomic mass is 32.2. The van der Waals surface area contributed by atoms with Gasteiger partial charge in [-0.1, -0.05) is 6.42 Å². The van der Waals surface area contributed by atoms with Crippen molar-refractivity contribution in [3.63, 3.8) is 0 Å². The minimum atomic E-state index is -3.52. The fourth-order valence-electron chi connectivity index (χ4n) is 2.63. The van der Waals surface area contributed by atoms with E-state index in [-0.39, 0.29) is 10.9 Å². The Kier molecular flexibility index (Phi) is 4.74. The molecule has 0 heterocycles. The van der Waals surface area contributed by atoms with E-state index in [0.717, 1.165) is 19.3 Å². The molecule has 1 N–H and O–H groups in total. The first-order valence-electron chi connectivity index (χ1n) is 6.54. The van der Waals surface area contributed by atoms with E-state index in [9.17, 15) is 8.42 Å². The van der Waals surface area contributed by atoms with E-state index in [0.29, 0.717) is 16.4 Å². The Hall–Kier alpha value is -1.03. The molecule has 108 valence electrons. The first-order valence-corrected chi connectivity index (χ1v) is 9.31. The lowest BCUT2D eigenvalue weighted by molar-refractivity contribution is 0.554. The van der Waals surface area contributed by atoms with Crippen LogP contribution >= 0.6 is 11.8 Å². The summed E-state index contributed by atoms with van der Waals surface area (Å²) in [4.78, 5) is 0.267. The molecule has 0 saturated heterocycles. The Morgan fingerprint density at radius 2 is 2.15 bits per heavy atom. The minimum absolute atomic E-state index is 0.00467. The molecule has 2 unspecified atom stereocenters. The maximum absolute atomic E-state index is 12.5. The van der Waals surface area contributed by atoms with E-state index >= 15 is 0 Å². The number of rotatable bonds is 4. The van der Waals surface area contributed by atoms with Gasteiger partial charge in [0.1, 0.15) is 0 Å². The van der Waals surface area contributed by atoms with Gasteiger partial charge in [-0.3, -0.25) is 0 Å². The van der Waals surface area contributed by atoms with E-state index < -0.39 is 10.0 Å². The third-order valence-corrected chi connectivity index (χ3v) is 6.48. The van der Waals surface area contributed by atoms with Crippen LogP contribution in [0, 0.1) is 18.3 Å². The largest absolute Gasteiger partial charge is 0.241 e. The number of nitrogens with zero attached hydrogens (tertiary/aromatic N) is 1. The number of sulfonamides is 1. The topological polar surface area (TPSA) is 70.0 Å². The van der Waals surface area contributed by atoms with Crippen molar-refractivity contribution in [1.29, 1.82) is 5.26 Å². The number of nitrogens with one attached hydrogen (secondary N) is 1. The Labute approximate surface area is 124 Å². The number of aryl methyl sites for hydroxylation is 1. The zero-order chi connectivity index (χ0) is 14.8. The van der Waals surface area contributed by atoms with Crippen molar-refractivity contribution in [2.75, 3.05) is 6.26 Å². The van der Waals surface area contributed by atoms with Crippen LogP contribution in [0.2, 0.25) is 0 Å². The molecular weight excluding hydrogens is 292 g/mol. The molecule has 1 aliphatic carbocycles. The van der Waals surface area contributed by atoms with Crippen LogP contribution in [0.3, 0.4) is 0 Å². The summed E-state index contributed by atoms with van der Waals surface area (Å²) >= 11 is 1.72. The van der Waals surface area contributed by atoms with Crippen LogP contribution in [-0.2, 0) is 10.0 Å². The average molecular weight is 310 g/mol. The Morgan fingerprint density at radius 3 is 2.75 bits per heavy atom. The lowest BCUT2D eigenvalue weighted by Crippen LogP contribution is -2.38. The van der Waals surface area contributed by atoms with E-state index in [1.807, 2.05) is 12.3 Å². The second kappa shape index (κ2) is 6.17. The van der Waals surface area contributed by atoms with Gasteiger partial charge < -0.3 is 0 Å². The third kappa shape index (κ3) is 3.17. The number of thioether (sulfide) groups is 1. The zero-order valence-electron chi connectivity index (χ0n) is 11.6. The second-order valence-corrected chi connectivity index (χ2v) is 7.78. The average Bonchev–Trinajstić information content (AvgIpc) is 2.84. The summed E-state index contributed by atoms with van der Waals surface area (Å²) in [5.41, 5.74) is 1.08. The predicted molar refractivity (Wildman–Crippen MR) is 81.2 cm³/mol. The number of benzene rings is 1. The fraction of sp³-hybridized carbons (Fsp3) is 0.500. The van der Waals surface area contributed by atoms with Crippen molar-refractivity contribution < 1.29 is 8.42 Å². The van der Waals surface area contributed by atoms with Gasteiger partial charge in [0.25, 0.3) is 0 Å². The van der Waals surface area contributed by atoms with Gasteiger partial charge in [-0.05, 0) is 49.8 Å². The SMILES string of the molecule is CSC1CCCC1NS(=O)(=O)c1ccc(C#N)cc1C. The summed E-state index contributed by atoms with van der Waals surface area (Å²) < 4.78 is 27.8. The van der Waals surface area contributed by atoms with Crippen molar-refractivity contribution in [3.8, 4) is 6.07 Å². The van der Waals surface area contributed by atoms with Gasteiger partial charge in [-0.15, -0.1) is 0 Å². The standard InChI is InChI=1S/C14H18N2O2S2/c1-10-8-11(9-15)6-7-14(10)20(17,18)16-12-4-3-5-13(12)19-2/h6-8,12-13,16H,3-5H2,1-2H3. The molecule has 0 aromatic heterocycles. The second-order valence-electron chi connectivity index (χ2n) is 5.02. The third-order valence-electron chi connectivity index (χ3n) is 3.66. The van der Waals surface area contributed by atoms with Crippen LogP contribution in [0.1, 0.15) is 30.4 Å². The van der Waals surface area contributed by atoms with Gasteiger partial charge >= 0.3 is 0 Å². The summed E-state index contributed by atoms with van der Waals surface area (Å²) in [6.45, 7) is 1.72. The van der Waals surface area contributed by atoms with Gasteiger partial charge in [0.05, 0.1) is 16.5 Å². The first kappa shape index (κ1) is 15.4. The van der Waals surface area contributed by atoms with Gasteiger partial charge in [0.2, 0.25) is 10.0 Å². The Bertz CT molecular complexity index is 635. The molecule has 4 nitrogen and oxygen atoms in total. The van der Waals surface area contributed by atoms with E-state index in [4.69, 9.17) is 5.26 Å². The molecular formula is C14H18N2O2S2. The van der Waals surface area contributed by atoms with E-state index in [1.165, 1.54) is 6.07 Å². The summed E-state index contributed by atoms with van der Waals surface area (Å²) in [6.07, 6.45) is 5.02. The van der Waals surface area contributed by atoms with Crippen LogP contribution in [0.15, 0.2) is 23.1 Å². The van der Waals surface area contributed by atoms with E-state index in [2.05, 4.69) is 4.72 Å². The van der Waals surface area contributed by atoms with Gasteiger partial charge in [-0.2, -0.15) is 17.0 Å². The van der Waals surface area contributed by atoms with E-state index in [1.54, 1.807) is 30.8 Å². The first-order chi connectivity index (χ1) is 9.47. The maximum Gasteiger partial charge on any atom is 0.241 e. The zero-order valence-corrected chi connectivity index (χ0v) is 13.2. The summed E-state index contributed by atoms with van der Waals surface area (Å²) in [5, 5.41) is 9.18. The number of hydrogen-bond donors (Lipinski definition) is 1. The molecule has 0 bridgehead atoms. The summed E-state index contributed by atoms with van der Waals surface area (Å²) in [5.74, 6) is 0. The molecule has 1 aromatic carbocycles. The van der Waals surface area contributed by atoms with Crippen molar-refractivity contribution in [1.82, 2.24) is 4.72 Å². The molecule has 1 saturated carbocycles. The molecule has 6 heteroatoms. The normalized spacial score (nSPS) is 22.6. The molecule has 0 amide bonds. The lowest BCUT2D eigenvalue weighted by Gasteiger charge is -2.19. The molecule has 2 atom stereocenters. The van der Waals surface area contributed by atoms with Crippen molar-refractivity contribution in [3.05, 3.63) is 29.3 Å². The molecule has 20 heavy (non-hydrogen) atoms. The van der Waals surface area contributed by atoms with Crippen LogP contribution in [0.5, 0.6) is 0 Å². The Morgan fingerprint density at radius 1 is 1.40 bits per heavy atom. The van der Waals surface area contributed by atoms with Crippen LogP contribution in [0.4, 0.5) is 0 Å². The molecule has 0 spiro atoms. The van der Waals surface area contributed by atoms with Crippen LogP contribution in [0.25, 0.3) is 0 Å². The van der Waals surface area contributed by atoms with Crippen molar-refractivity contribution in [2.24, 2.45) is 0 Å². The summed E-state index contributed by atoms with van der Waals surface area (Å²) in [7, 11) is -3.52. The highest BCUT2D eigenvalue weighted by molar-refractivity contribution is 7.99. The quantitative estimate of drug-likeness (QED) is 0.927. The predicted octanol–water partition coefficient (Wildman–Crippen LogP) is 2.43. The minimum Gasteiger partial charge on any atom is -0.207 e. The number of hydrogen-bond acceptors (Lipinski definition) is 4. The molecule has 0 radical (unpaired) electrons. The highest BCUT2D eigenvalue weighted by Gasteiger charge is 2.31. The smallest absolute Gasteiger partial charge is 0.207 e. The highest BCUT2D eigenvalue weighted by Crippen LogP contribution is 2.29. The van der Waals surface area contributed by atoms with Gasteiger partial charge in [-0.25, -0.2) is 13.1 Å². The molecule has 2 rings (SSSR count). The monoisotopic (exact) mass is 310 g/mol. The van der Waals surface area contributed by atoms with Crippen molar-refractivity contribution in [2.45, 2.75) is 42.4 Å². The Balaban J connectivity index is 2.25. The maximum atomic E-state index is 12.5. The molecule has 1 aromatic rings. The molecule has 0 aliphatic heterocycles. The number of nitriles is 1. The van der Waals surface area contributed by atoms with Gasteiger partial charge in [0.15, 0.2) is 0 Å². The van der Waals surface area contributed by atoms with Crippen molar-refractivity contribution >= 4 is 21.8 Å².